The van der Waals surface area contributed by atoms with E-state index in [1.165, 1.54) is 28.1 Å². The molecule has 46 heavy (non-hydrogen) atoms. The fourth-order valence-electron chi connectivity index (χ4n) is 6.00. The van der Waals surface area contributed by atoms with Gasteiger partial charge in [-0.15, -0.1) is 0 Å². The molecule has 0 amide bonds. The van der Waals surface area contributed by atoms with Crippen LogP contribution in [0.2, 0.25) is 0 Å². The van der Waals surface area contributed by atoms with Crippen LogP contribution in [0.4, 0.5) is 11.8 Å². The van der Waals surface area contributed by atoms with Crippen LogP contribution in [-0.4, -0.2) is 113 Å². The second-order valence-corrected chi connectivity index (χ2v) is 15.3. The SMILES string of the molecule is [B]P1(=O)OCC23COC(C(n4cnc5c(N)ncnc54)O2)C3OP(O)(=S)OCC2OC(n3cnc4c(=O)[nH]c(N)nc43)C(O1)C2O. The molecule has 10 atom stereocenters. The highest BCUT2D eigenvalue weighted by atomic mass is 32.5. The molecule has 4 aliphatic heterocycles. The second-order valence-electron chi connectivity index (χ2n) is 10.9. The summed E-state index contributed by atoms with van der Waals surface area (Å²) >= 11 is 5.33. The van der Waals surface area contributed by atoms with Crippen molar-refractivity contribution in [3.8, 4) is 0 Å². The number of rotatable bonds is 2. The van der Waals surface area contributed by atoms with E-state index in [0.29, 0.717) is 11.2 Å². The number of ether oxygens (including phenoxy) is 3. The molecule has 0 saturated carbocycles. The van der Waals surface area contributed by atoms with Crippen molar-refractivity contribution in [3.63, 3.8) is 0 Å². The Labute approximate surface area is 262 Å². The van der Waals surface area contributed by atoms with Crippen molar-refractivity contribution in [1.82, 2.24) is 39.0 Å². The third-order valence-corrected chi connectivity index (χ3v) is 10.6. The van der Waals surface area contributed by atoms with Crippen molar-refractivity contribution < 1.29 is 46.9 Å². The minimum Gasteiger partial charge on any atom is -0.387 e. The molecule has 4 aromatic rings. The van der Waals surface area contributed by atoms with E-state index in [-0.39, 0.29) is 29.5 Å². The Hall–Kier alpha value is -2.92. The molecule has 0 aromatic carbocycles. The molecule has 0 spiro atoms. The number of H-pyrrole nitrogens is 1. The Bertz CT molecular complexity index is 2030. The summed E-state index contributed by atoms with van der Waals surface area (Å²) in [5.41, 5.74) is 10.0. The van der Waals surface area contributed by atoms with Crippen molar-refractivity contribution >= 4 is 67.7 Å². The molecule has 2 radical (unpaired) electrons. The van der Waals surface area contributed by atoms with Crippen LogP contribution in [0.5, 0.6) is 0 Å². The molecule has 4 aliphatic rings. The lowest BCUT2D eigenvalue weighted by Crippen LogP contribution is -2.45. The van der Waals surface area contributed by atoms with Gasteiger partial charge in [-0.1, -0.05) is 0 Å². The summed E-state index contributed by atoms with van der Waals surface area (Å²) in [6, 6.07) is 0. The Morgan fingerprint density at radius 2 is 1.80 bits per heavy atom. The molecule has 7 N–H and O–H groups in total. The predicted octanol–water partition coefficient (Wildman–Crippen LogP) is -1.64. The Balaban J connectivity index is 1.14. The first-order chi connectivity index (χ1) is 21.8. The molecule has 4 bridgehead atoms. The summed E-state index contributed by atoms with van der Waals surface area (Å²) in [5.74, 6) is -0.0794. The summed E-state index contributed by atoms with van der Waals surface area (Å²) in [5, 5.41) is 11.2. The van der Waals surface area contributed by atoms with E-state index in [1.807, 2.05) is 0 Å². The van der Waals surface area contributed by atoms with Crippen LogP contribution in [0.25, 0.3) is 22.3 Å². The van der Waals surface area contributed by atoms with E-state index < -0.39 is 81.5 Å². The van der Waals surface area contributed by atoms with Crippen LogP contribution in [-0.2, 0) is 48.7 Å². The molecular formula is C21H23BN10O11P2S. The molecule has 8 heterocycles. The number of hydrogen-bond acceptors (Lipinski definition) is 18. The summed E-state index contributed by atoms with van der Waals surface area (Å²) in [6.07, 6.45) is -4.78. The zero-order chi connectivity index (χ0) is 32.2. The van der Waals surface area contributed by atoms with Gasteiger partial charge in [-0.3, -0.25) is 28.0 Å². The smallest absolute Gasteiger partial charge is 0.325 e. The van der Waals surface area contributed by atoms with E-state index in [9.17, 15) is 19.4 Å². The number of imidazole rings is 2. The number of nitrogen functional groups attached to an aromatic ring is 2. The number of nitrogens with two attached hydrogens (primary N) is 2. The first kappa shape index (κ1) is 30.4. The molecule has 4 aromatic heterocycles. The number of nitrogens with zero attached hydrogens (tertiary/aromatic N) is 7. The van der Waals surface area contributed by atoms with Gasteiger partial charge in [0.2, 0.25) is 13.5 Å². The standard InChI is InChI=1S/C21H23BN10O11P2S/c22-44(35)39-3-21-2-37-12(19(41-21)31-5-27-8-14(23)25-4-26-15(8)31)13(21)43-45(36,46)38-1-7-10(33)11(42-44)18(40-7)32-6-28-9-16(32)29-20(24)30-17(9)34/h4-7,10-13,18-19,33H,1-3H2,(H,36,46)(H2,23,25,26)(H3,24,29,30,34). The van der Waals surface area contributed by atoms with Gasteiger partial charge in [-0.05, 0) is 11.8 Å². The lowest BCUT2D eigenvalue weighted by atomic mass is 10.0. The number of aliphatic hydroxyl groups excluding tert-OH is 1. The van der Waals surface area contributed by atoms with Crippen LogP contribution in [0.15, 0.2) is 23.8 Å². The maximum absolute atomic E-state index is 13.7. The number of aliphatic hydroxyl groups is 1. The van der Waals surface area contributed by atoms with Gasteiger partial charge in [0, 0.05) is 0 Å². The highest BCUT2D eigenvalue weighted by molar-refractivity contribution is 8.07. The lowest BCUT2D eigenvalue weighted by Gasteiger charge is -2.33. The topological polar surface area (TPSA) is 281 Å². The van der Waals surface area contributed by atoms with Crippen molar-refractivity contribution in [2.75, 3.05) is 31.3 Å². The van der Waals surface area contributed by atoms with Gasteiger partial charge in [0.25, 0.3) is 13.0 Å². The third-order valence-electron chi connectivity index (χ3n) is 8.08. The molecule has 10 unspecified atom stereocenters. The van der Waals surface area contributed by atoms with Crippen LogP contribution < -0.4 is 17.0 Å². The molecule has 0 aliphatic carbocycles. The van der Waals surface area contributed by atoms with Crippen molar-refractivity contribution in [2.45, 2.75) is 48.6 Å². The molecular weight excluding hydrogens is 673 g/mol. The van der Waals surface area contributed by atoms with Crippen LogP contribution in [0.3, 0.4) is 0 Å². The van der Waals surface area contributed by atoms with Gasteiger partial charge >= 0.3 is 6.72 Å². The molecule has 21 nitrogen and oxygen atoms in total. The molecule has 4 fully saturated rings. The van der Waals surface area contributed by atoms with E-state index in [2.05, 4.69) is 29.9 Å². The number of fused-ring (bicyclic) bond motifs is 4. The highest BCUT2D eigenvalue weighted by Crippen LogP contribution is 2.58. The normalized spacial score (nSPS) is 39.7. The fraction of sp³-hybridized carbons (Fsp3) is 0.524. The Kier molecular flexibility index (Phi) is 6.97. The van der Waals surface area contributed by atoms with Crippen molar-refractivity contribution in [2.24, 2.45) is 0 Å². The summed E-state index contributed by atoms with van der Waals surface area (Å²) < 4.78 is 57.7. The first-order valence-corrected chi connectivity index (χ1v) is 17.7. The number of nitrogens with one attached hydrogen (secondary N) is 1. The number of hydrogen-bond donors (Lipinski definition) is 5. The van der Waals surface area contributed by atoms with E-state index in [1.54, 1.807) is 0 Å². The quantitative estimate of drug-likeness (QED) is 0.116. The minimum absolute atomic E-state index is 0.0292. The van der Waals surface area contributed by atoms with Crippen molar-refractivity contribution in [1.29, 1.82) is 0 Å². The van der Waals surface area contributed by atoms with Gasteiger partial charge in [0.1, 0.15) is 48.0 Å². The molecule has 8 rings (SSSR count). The molecule has 4 saturated heterocycles. The van der Waals surface area contributed by atoms with Gasteiger partial charge in [0.05, 0.1) is 32.5 Å². The number of anilines is 2. The summed E-state index contributed by atoms with van der Waals surface area (Å²) in [6.45, 7) is -5.33. The molecule has 242 valence electrons. The van der Waals surface area contributed by atoms with Crippen molar-refractivity contribution in [3.05, 3.63) is 29.3 Å². The maximum atomic E-state index is 13.7. The van der Waals surface area contributed by atoms with Gasteiger partial charge in [-0.2, -0.15) is 4.98 Å². The first-order valence-electron chi connectivity index (χ1n) is 13.5. The lowest BCUT2D eigenvalue weighted by molar-refractivity contribution is -0.183. The van der Waals surface area contributed by atoms with Crippen LogP contribution in [0, 0.1) is 0 Å². The largest absolute Gasteiger partial charge is 0.387 e. The molecule has 25 heteroatoms. The zero-order valence-electron chi connectivity index (χ0n) is 23.1. The van der Waals surface area contributed by atoms with Crippen LogP contribution >= 0.6 is 14.2 Å². The van der Waals surface area contributed by atoms with E-state index in [0.717, 1.165) is 0 Å². The van der Waals surface area contributed by atoms with E-state index >= 15 is 0 Å². The van der Waals surface area contributed by atoms with Crippen LogP contribution in [0.1, 0.15) is 12.5 Å². The summed E-state index contributed by atoms with van der Waals surface area (Å²) in [7, 11) is 1.50. The number of aromatic amines is 1. The zero-order valence-corrected chi connectivity index (χ0v) is 25.7. The average Bonchev–Trinajstić information content (AvgIpc) is 3.80. The fourth-order valence-corrected chi connectivity index (χ4v) is 8.48. The minimum atomic E-state index is -4.55. The Morgan fingerprint density at radius 3 is 2.61 bits per heavy atom. The number of aromatic nitrogens is 8. The highest BCUT2D eigenvalue weighted by Gasteiger charge is 2.65. The average molecular weight is 696 g/mol. The predicted molar refractivity (Wildman–Crippen MR) is 156 cm³/mol. The van der Waals surface area contributed by atoms with E-state index in [4.69, 9.17) is 63.1 Å². The second kappa shape index (κ2) is 10.5. The van der Waals surface area contributed by atoms with Gasteiger partial charge < -0.3 is 49.2 Å². The monoisotopic (exact) mass is 696 g/mol. The van der Waals surface area contributed by atoms with Gasteiger partial charge in [0.15, 0.2) is 35.1 Å². The third kappa shape index (κ3) is 4.82. The Morgan fingerprint density at radius 1 is 1.04 bits per heavy atom. The maximum Gasteiger partial charge on any atom is 0.325 e. The summed E-state index contributed by atoms with van der Waals surface area (Å²) in [4.78, 5) is 46.5. The van der Waals surface area contributed by atoms with Gasteiger partial charge in [-0.25, -0.2) is 19.9 Å².